The van der Waals surface area contributed by atoms with Gasteiger partial charge >= 0.3 is 5.97 Å². The fourth-order valence-electron chi connectivity index (χ4n) is 2.68. The number of β-lactam (4-membered cyclic amide) rings is 1. The first kappa shape index (κ1) is 21.1. The highest BCUT2D eigenvalue weighted by Crippen LogP contribution is 2.41. The summed E-state index contributed by atoms with van der Waals surface area (Å²) in [6, 6.07) is 0. The van der Waals surface area contributed by atoms with Gasteiger partial charge < -0.3 is 14.2 Å². The average molecular weight is 391 g/mol. The van der Waals surface area contributed by atoms with Gasteiger partial charge in [0.15, 0.2) is 6.10 Å². The molecule has 0 radical (unpaired) electrons. The summed E-state index contributed by atoms with van der Waals surface area (Å²) in [6.07, 6.45) is 4.12. The third-order valence-corrected chi connectivity index (χ3v) is 5.63. The third kappa shape index (κ3) is 4.54. The van der Waals surface area contributed by atoms with Crippen molar-refractivity contribution in [3.63, 3.8) is 0 Å². The Labute approximate surface area is 164 Å². The Kier molecular flexibility index (Phi) is 7.10. The van der Waals surface area contributed by atoms with Crippen LogP contribution in [0.2, 0.25) is 0 Å². The summed E-state index contributed by atoms with van der Waals surface area (Å²) in [5.41, 5.74) is 2.54. The van der Waals surface area contributed by atoms with E-state index in [-0.39, 0.29) is 17.4 Å². The van der Waals surface area contributed by atoms with E-state index in [0.29, 0.717) is 23.7 Å². The van der Waals surface area contributed by atoms with Crippen molar-refractivity contribution in [1.82, 2.24) is 4.90 Å². The van der Waals surface area contributed by atoms with E-state index in [1.807, 2.05) is 13.8 Å². The second kappa shape index (κ2) is 9.10. The molecule has 0 saturated carbocycles. The monoisotopic (exact) mass is 391 g/mol. The second-order valence-electron chi connectivity index (χ2n) is 6.15. The number of thioether (sulfide) groups is 1. The number of carbonyl (C=O) groups is 2. The minimum Gasteiger partial charge on any atom is -0.489 e. The van der Waals surface area contributed by atoms with Crippen molar-refractivity contribution in [2.45, 2.75) is 32.2 Å². The smallest absolute Gasteiger partial charge is 0.335 e. The molecule has 1 fully saturated rings. The number of fused-ring (bicyclic) bond motifs is 1. The number of hydrogen-bond acceptors (Lipinski definition) is 6. The lowest BCUT2D eigenvalue weighted by atomic mass is 10.1. The molecule has 2 heterocycles. The molecule has 0 aliphatic carbocycles. The van der Waals surface area contributed by atoms with Gasteiger partial charge in [0.05, 0.1) is 0 Å². The molecular formula is C20H25NO5S. The number of amides is 1. The van der Waals surface area contributed by atoms with Crippen molar-refractivity contribution in [3.8, 4) is 0 Å². The van der Waals surface area contributed by atoms with E-state index in [0.717, 1.165) is 23.1 Å². The maximum Gasteiger partial charge on any atom is 0.335 e. The van der Waals surface area contributed by atoms with Crippen LogP contribution < -0.4 is 0 Å². The molecule has 2 aliphatic rings. The first-order valence-corrected chi connectivity index (χ1v) is 9.55. The molecule has 0 unspecified atom stereocenters. The Balaban J connectivity index is 2.07. The van der Waals surface area contributed by atoms with Crippen LogP contribution in [0.5, 0.6) is 0 Å². The number of esters is 1. The molecule has 0 aromatic rings. The minimum atomic E-state index is -0.558. The van der Waals surface area contributed by atoms with Gasteiger partial charge in [-0.05, 0) is 38.0 Å². The zero-order chi connectivity index (χ0) is 20.1. The number of carbonyl (C=O) groups excluding carboxylic acids is 2. The van der Waals surface area contributed by atoms with Crippen LogP contribution in [-0.4, -0.2) is 47.7 Å². The van der Waals surface area contributed by atoms with Crippen molar-refractivity contribution in [1.29, 1.82) is 0 Å². The van der Waals surface area contributed by atoms with E-state index in [4.69, 9.17) is 14.2 Å². The van der Waals surface area contributed by atoms with Crippen LogP contribution in [0, 0.1) is 0 Å². The Morgan fingerprint density at radius 1 is 1.44 bits per heavy atom. The van der Waals surface area contributed by atoms with Gasteiger partial charge in [0.2, 0.25) is 0 Å². The van der Waals surface area contributed by atoms with Crippen molar-refractivity contribution >= 4 is 23.6 Å². The summed E-state index contributed by atoms with van der Waals surface area (Å²) < 4.78 is 16.3. The molecule has 0 bridgehead atoms. The number of hydrogen-bond donors (Lipinski definition) is 0. The SMILES string of the molecule is C=CC(=O)O/C(=C/C(=C\C)OCC1=C(C)N2C(=O)[C@H](OC)[C@H]2SC1)C(=C)C. The quantitative estimate of drug-likeness (QED) is 0.208. The number of nitrogens with zero attached hydrogens (tertiary/aromatic N) is 1. The lowest BCUT2D eigenvalue weighted by molar-refractivity contribution is -0.158. The highest BCUT2D eigenvalue weighted by Gasteiger charge is 2.51. The maximum atomic E-state index is 12.2. The molecule has 6 nitrogen and oxygen atoms in total. The molecular weight excluding hydrogens is 366 g/mol. The first-order chi connectivity index (χ1) is 12.8. The highest BCUT2D eigenvalue weighted by atomic mass is 32.2. The van der Waals surface area contributed by atoms with E-state index in [1.165, 1.54) is 0 Å². The maximum absolute atomic E-state index is 12.2. The van der Waals surface area contributed by atoms with Crippen molar-refractivity contribution in [2.24, 2.45) is 0 Å². The molecule has 2 rings (SSSR count). The zero-order valence-corrected chi connectivity index (χ0v) is 16.9. The number of allylic oxidation sites excluding steroid dienone is 4. The second-order valence-corrected chi connectivity index (χ2v) is 7.25. The minimum absolute atomic E-state index is 0.0169. The topological polar surface area (TPSA) is 65.1 Å². The molecule has 0 aromatic heterocycles. The average Bonchev–Trinajstić information content (AvgIpc) is 2.64. The molecule has 0 aromatic carbocycles. The van der Waals surface area contributed by atoms with Gasteiger partial charge in [0.1, 0.15) is 23.5 Å². The largest absolute Gasteiger partial charge is 0.489 e. The summed E-state index contributed by atoms with van der Waals surface area (Å²) in [6.45, 7) is 13.0. The normalized spacial score (nSPS) is 22.8. The van der Waals surface area contributed by atoms with Crippen LogP contribution >= 0.6 is 11.8 Å². The summed E-state index contributed by atoms with van der Waals surface area (Å²) >= 11 is 1.66. The van der Waals surface area contributed by atoms with Crippen LogP contribution in [0.3, 0.4) is 0 Å². The third-order valence-electron chi connectivity index (χ3n) is 4.32. The standard InChI is InChI=1S/C20H25NO5S/c1-7-15(9-16(12(3)4)26-17(22)8-2)25-10-14-11-27-20-18(24-6)19(23)21(20)13(14)5/h7-9,18,20H,2-3,10-11H2,1,4-6H3/b15-7+,16-9+/t18-,20+/m0/s1. The van der Waals surface area contributed by atoms with Crippen molar-refractivity contribution in [3.05, 3.63) is 59.7 Å². The molecule has 2 aliphatic heterocycles. The highest BCUT2D eigenvalue weighted by molar-refractivity contribution is 8.00. The predicted octanol–water partition coefficient (Wildman–Crippen LogP) is 3.30. The Hall–Kier alpha value is -2.25. The van der Waals surface area contributed by atoms with E-state index in [9.17, 15) is 9.59 Å². The molecule has 7 heteroatoms. The van der Waals surface area contributed by atoms with E-state index >= 15 is 0 Å². The van der Waals surface area contributed by atoms with Crippen molar-refractivity contribution < 1.29 is 23.8 Å². The molecule has 1 saturated heterocycles. The number of ether oxygens (including phenoxy) is 3. The van der Waals surface area contributed by atoms with E-state index in [1.54, 1.807) is 42.8 Å². The molecule has 27 heavy (non-hydrogen) atoms. The summed E-state index contributed by atoms with van der Waals surface area (Å²) in [5.74, 6) is 1.05. The number of rotatable bonds is 8. The molecule has 1 amide bonds. The van der Waals surface area contributed by atoms with Crippen LogP contribution in [0.25, 0.3) is 0 Å². The fourth-order valence-corrected chi connectivity index (χ4v) is 4.16. The molecule has 2 atom stereocenters. The molecule has 0 N–H and O–H groups in total. The van der Waals surface area contributed by atoms with Crippen molar-refractivity contribution in [2.75, 3.05) is 19.5 Å². The Morgan fingerprint density at radius 3 is 2.70 bits per heavy atom. The van der Waals surface area contributed by atoms with Crippen LogP contribution in [-0.2, 0) is 23.8 Å². The fraction of sp³-hybridized carbons (Fsp3) is 0.400. The van der Waals surface area contributed by atoms with Crippen LogP contribution in [0.4, 0.5) is 0 Å². The Bertz CT molecular complexity index is 749. The lowest BCUT2D eigenvalue weighted by Crippen LogP contribution is -2.64. The summed E-state index contributed by atoms with van der Waals surface area (Å²) in [7, 11) is 1.56. The predicted molar refractivity (Wildman–Crippen MR) is 105 cm³/mol. The van der Waals surface area contributed by atoms with Gasteiger partial charge in [0.25, 0.3) is 5.91 Å². The Morgan fingerprint density at radius 2 is 2.15 bits per heavy atom. The van der Waals surface area contributed by atoms with Crippen LogP contribution in [0.1, 0.15) is 20.8 Å². The van der Waals surface area contributed by atoms with E-state index in [2.05, 4.69) is 13.2 Å². The van der Waals surface area contributed by atoms with Gasteiger partial charge in [-0.15, -0.1) is 11.8 Å². The van der Waals surface area contributed by atoms with Gasteiger partial charge in [-0.25, -0.2) is 4.79 Å². The number of methoxy groups -OCH3 is 1. The zero-order valence-electron chi connectivity index (χ0n) is 16.1. The summed E-state index contributed by atoms with van der Waals surface area (Å²) in [4.78, 5) is 25.4. The van der Waals surface area contributed by atoms with Crippen LogP contribution in [0.15, 0.2) is 59.7 Å². The van der Waals surface area contributed by atoms with Gasteiger partial charge in [-0.2, -0.15) is 0 Å². The molecule has 0 spiro atoms. The summed E-state index contributed by atoms with van der Waals surface area (Å²) in [5, 5.41) is 0.0423. The van der Waals surface area contributed by atoms with Gasteiger partial charge in [-0.3, -0.25) is 9.69 Å². The van der Waals surface area contributed by atoms with E-state index < -0.39 is 5.97 Å². The first-order valence-electron chi connectivity index (χ1n) is 8.51. The van der Waals surface area contributed by atoms with Gasteiger partial charge in [-0.1, -0.05) is 13.2 Å². The van der Waals surface area contributed by atoms with Gasteiger partial charge in [0, 0.05) is 30.7 Å². The molecule has 146 valence electrons. The lowest BCUT2D eigenvalue weighted by Gasteiger charge is -2.49.